The van der Waals surface area contributed by atoms with Crippen molar-refractivity contribution >= 4 is 28.3 Å². The predicted molar refractivity (Wildman–Crippen MR) is 132 cm³/mol. The van der Waals surface area contributed by atoms with Gasteiger partial charge in [0.15, 0.2) is 0 Å². The molecule has 4 aromatic rings. The Balaban J connectivity index is 1.53. The molecule has 0 spiro atoms. The van der Waals surface area contributed by atoms with E-state index in [2.05, 4.69) is 20.7 Å². The fourth-order valence-electron chi connectivity index (χ4n) is 3.59. The average molecular weight is 499 g/mol. The minimum absolute atomic E-state index is 0.0350. The van der Waals surface area contributed by atoms with Crippen molar-refractivity contribution in [2.24, 2.45) is 7.05 Å². The Labute approximate surface area is 205 Å². The first-order valence-electron chi connectivity index (χ1n) is 11.1. The summed E-state index contributed by atoms with van der Waals surface area (Å²) in [5.41, 5.74) is 2.08. The maximum absolute atomic E-state index is 12.9. The van der Waals surface area contributed by atoms with Crippen molar-refractivity contribution in [2.75, 3.05) is 37.9 Å². The molecule has 11 heteroatoms. The van der Waals surface area contributed by atoms with Gasteiger partial charge in [-0.15, -0.1) is 0 Å². The molecule has 0 radical (unpaired) electrons. The first-order chi connectivity index (χ1) is 17.1. The second-order valence-electron chi connectivity index (χ2n) is 8.39. The van der Waals surface area contributed by atoms with Gasteiger partial charge in [-0.1, -0.05) is 18.2 Å². The number of aryl methyl sites for hydroxylation is 1. The highest BCUT2D eigenvalue weighted by Crippen LogP contribution is 2.36. The van der Waals surface area contributed by atoms with Crippen molar-refractivity contribution in [3.05, 3.63) is 66.5 Å². The molecule has 0 saturated carbocycles. The highest BCUT2D eigenvalue weighted by Gasteiger charge is 2.30. The number of carbonyl (C=O) groups excluding carboxylic acids is 1. The second kappa shape index (κ2) is 10.2. The van der Waals surface area contributed by atoms with Gasteiger partial charge in [-0.3, -0.25) is 4.68 Å². The number of likely N-dealkylation sites (N-methyl/N-ethyl adjacent to an activating group) is 1. The maximum Gasteiger partial charge on any atom is 0.416 e. The number of urea groups is 1. The Kier molecular flexibility index (Phi) is 7.11. The zero-order valence-corrected chi connectivity index (χ0v) is 19.9. The molecule has 0 atom stereocenters. The number of pyridine rings is 1. The summed E-state index contributed by atoms with van der Waals surface area (Å²) >= 11 is 0. The van der Waals surface area contributed by atoms with Crippen LogP contribution in [0.1, 0.15) is 5.56 Å². The van der Waals surface area contributed by atoms with Gasteiger partial charge in [0.25, 0.3) is 0 Å². The largest absolute Gasteiger partial charge is 0.476 e. The van der Waals surface area contributed by atoms with Gasteiger partial charge in [0.1, 0.15) is 6.61 Å². The molecule has 8 nitrogen and oxygen atoms in total. The molecule has 4 rings (SSSR count). The molecule has 0 bridgehead atoms. The highest BCUT2D eigenvalue weighted by molar-refractivity contribution is 6.00. The van der Waals surface area contributed by atoms with Crippen molar-refractivity contribution in [1.82, 2.24) is 19.7 Å². The Hall–Kier alpha value is -4.12. The number of alkyl halides is 3. The number of nitrogens with zero attached hydrogens (tertiary/aromatic N) is 4. The number of carbonyl (C=O) groups is 1. The fraction of sp³-hybridized carbons (Fsp3) is 0.240. The fourth-order valence-corrected chi connectivity index (χ4v) is 3.59. The zero-order valence-electron chi connectivity index (χ0n) is 19.9. The number of rotatable bonds is 7. The monoisotopic (exact) mass is 498 g/mol. The van der Waals surface area contributed by atoms with Gasteiger partial charge in [-0.25, -0.2) is 9.78 Å². The van der Waals surface area contributed by atoms with Crippen LogP contribution in [0.25, 0.3) is 22.0 Å². The van der Waals surface area contributed by atoms with Gasteiger partial charge in [-0.05, 0) is 50.0 Å². The van der Waals surface area contributed by atoms with Crippen LogP contribution in [0.4, 0.5) is 29.3 Å². The van der Waals surface area contributed by atoms with Crippen molar-refractivity contribution in [3.8, 4) is 17.0 Å². The van der Waals surface area contributed by atoms with E-state index >= 15 is 0 Å². The number of fused-ring (bicyclic) bond motifs is 1. The molecule has 188 valence electrons. The molecule has 0 aliphatic rings. The third-order valence-corrected chi connectivity index (χ3v) is 5.43. The number of benzene rings is 2. The van der Waals surface area contributed by atoms with Gasteiger partial charge < -0.3 is 20.3 Å². The number of hydrogen-bond donors (Lipinski definition) is 2. The van der Waals surface area contributed by atoms with Crippen LogP contribution < -0.4 is 15.4 Å². The highest BCUT2D eigenvalue weighted by atomic mass is 19.4. The molecular formula is C25H25F3N6O2. The summed E-state index contributed by atoms with van der Waals surface area (Å²) in [5, 5.41) is 10.2. The van der Waals surface area contributed by atoms with E-state index in [1.54, 1.807) is 29.2 Å². The molecular weight excluding hydrogens is 473 g/mol. The van der Waals surface area contributed by atoms with Crippen LogP contribution in [0, 0.1) is 0 Å². The summed E-state index contributed by atoms with van der Waals surface area (Å²) in [7, 11) is 5.74. The number of ether oxygens (including phenoxy) is 1. The van der Waals surface area contributed by atoms with Gasteiger partial charge in [-0.2, -0.15) is 18.3 Å². The topological polar surface area (TPSA) is 84.3 Å². The first-order valence-corrected chi connectivity index (χ1v) is 11.1. The van der Waals surface area contributed by atoms with Crippen LogP contribution in [-0.2, 0) is 13.2 Å². The number of halogens is 3. The van der Waals surface area contributed by atoms with Crippen LogP contribution in [0.15, 0.2) is 60.9 Å². The van der Waals surface area contributed by atoms with E-state index in [4.69, 9.17) is 4.74 Å². The molecule has 2 amide bonds. The molecule has 0 fully saturated rings. The van der Waals surface area contributed by atoms with Gasteiger partial charge in [0, 0.05) is 30.4 Å². The molecule has 2 heterocycles. The standard InChI is InChI=1S/C25H25F3N6O2/c1-33(2)11-12-36-23-22(20-14-30-34(3)21(20)15-29-23)16-7-9-18(10-8-16)31-24(35)32-19-6-4-5-17(13-19)25(26,27)28/h4-10,13-15H,11-12H2,1-3H3,(H2,31,32,35). The van der Waals surface area contributed by atoms with Gasteiger partial charge in [0.2, 0.25) is 5.88 Å². The van der Waals surface area contributed by atoms with E-state index in [1.165, 1.54) is 12.1 Å². The Morgan fingerprint density at radius 2 is 1.78 bits per heavy atom. The Bertz CT molecular complexity index is 1370. The van der Waals surface area contributed by atoms with E-state index in [9.17, 15) is 18.0 Å². The van der Waals surface area contributed by atoms with Crippen molar-refractivity contribution in [3.63, 3.8) is 0 Å². The van der Waals surface area contributed by atoms with E-state index in [0.29, 0.717) is 18.2 Å². The first kappa shape index (κ1) is 25.0. The molecule has 36 heavy (non-hydrogen) atoms. The summed E-state index contributed by atoms with van der Waals surface area (Å²) < 4.78 is 46.4. The Morgan fingerprint density at radius 1 is 1.06 bits per heavy atom. The van der Waals surface area contributed by atoms with E-state index in [0.717, 1.165) is 40.7 Å². The number of aromatic nitrogens is 3. The lowest BCUT2D eigenvalue weighted by Crippen LogP contribution is -2.20. The number of hydrogen-bond acceptors (Lipinski definition) is 5. The lowest BCUT2D eigenvalue weighted by Gasteiger charge is -2.15. The molecule has 2 aromatic heterocycles. The quantitative estimate of drug-likeness (QED) is 0.364. The van der Waals surface area contributed by atoms with Crippen LogP contribution in [-0.4, -0.2) is 52.9 Å². The Morgan fingerprint density at radius 3 is 2.47 bits per heavy atom. The van der Waals surface area contributed by atoms with Crippen molar-refractivity contribution in [2.45, 2.75) is 6.18 Å². The maximum atomic E-state index is 12.9. The van der Waals surface area contributed by atoms with E-state index < -0.39 is 17.8 Å². The minimum Gasteiger partial charge on any atom is -0.476 e. The zero-order chi connectivity index (χ0) is 25.9. The molecule has 0 aliphatic carbocycles. The smallest absolute Gasteiger partial charge is 0.416 e. The van der Waals surface area contributed by atoms with Crippen LogP contribution in [0.5, 0.6) is 5.88 Å². The lowest BCUT2D eigenvalue weighted by molar-refractivity contribution is -0.137. The summed E-state index contributed by atoms with van der Waals surface area (Å²) in [5.74, 6) is 0.473. The van der Waals surface area contributed by atoms with Crippen molar-refractivity contribution < 1.29 is 22.7 Å². The summed E-state index contributed by atoms with van der Waals surface area (Å²) in [6.07, 6.45) is -1.03. The van der Waals surface area contributed by atoms with E-state index in [1.807, 2.05) is 38.2 Å². The normalized spacial score (nSPS) is 11.6. The summed E-state index contributed by atoms with van der Waals surface area (Å²) in [6, 6.07) is 10.8. The number of anilines is 2. The SMILES string of the molecule is CN(C)CCOc1ncc2c(cnn2C)c1-c1ccc(NC(=O)Nc2cccc(C(F)(F)F)c2)cc1. The third kappa shape index (κ3) is 5.74. The van der Waals surface area contributed by atoms with Crippen LogP contribution in [0.3, 0.4) is 0 Å². The third-order valence-electron chi connectivity index (χ3n) is 5.43. The summed E-state index contributed by atoms with van der Waals surface area (Å²) in [6.45, 7) is 1.17. The summed E-state index contributed by atoms with van der Waals surface area (Å²) in [4.78, 5) is 18.9. The molecule has 0 aliphatic heterocycles. The average Bonchev–Trinajstić information content (AvgIpc) is 3.19. The van der Waals surface area contributed by atoms with Crippen LogP contribution in [0.2, 0.25) is 0 Å². The van der Waals surface area contributed by atoms with Crippen LogP contribution >= 0.6 is 0 Å². The predicted octanol–water partition coefficient (Wildman–Crippen LogP) is 5.24. The van der Waals surface area contributed by atoms with Gasteiger partial charge >= 0.3 is 12.2 Å². The number of amides is 2. The molecule has 2 aromatic carbocycles. The number of nitrogens with one attached hydrogen (secondary N) is 2. The molecule has 2 N–H and O–H groups in total. The molecule has 0 unspecified atom stereocenters. The second-order valence-corrected chi connectivity index (χ2v) is 8.39. The lowest BCUT2D eigenvalue weighted by atomic mass is 10.0. The minimum atomic E-state index is -4.50. The van der Waals surface area contributed by atoms with Gasteiger partial charge in [0.05, 0.1) is 29.0 Å². The van der Waals surface area contributed by atoms with E-state index in [-0.39, 0.29) is 5.69 Å². The molecule has 0 saturated heterocycles. The van der Waals surface area contributed by atoms with Crippen molar-refractivity contribution in [1.29, 1.82) is 0 Å².